The van der Waals surface area contributed by atoms with Gasteiger partial charge in [-0.3, -0.25) is 0 Å². The largest absolute Gasteiger partial charge is 0.439 e. The van der Waals surface area contributed by atoms with Gasteiger partial charge < -0.3 is 4.42 Å². The zero-order chi connectivity index (χ0) is 14.1. The summed E-state index contributed by atoms with van der Waals surface area (Å²) in [6.07, 6.45) is 1.52. The molecule has 0 atom stereocenters. The van der Waals surface area contributed by atoms with Gasteiger partial charge in [-0.25, -0.2) is 19.0 Å². The van der Waals surface area contributed by atoms with E-state index >= 15 is 0 Å². The molecule has 0 fully saturated rings. The van der Waals surface area contributed by atoms with E-state index in [1.807, 2.05) is 13.8 Å². The molecule has 20 heavy (non-hydrogen) atoms. The van der Waals surface area contributed by atoms with Crippen molar-refractivity contribution in [1.82, 2.24) is 19.7 Å². The Labute approximate surface area is 115 Å². The van der Waals surface area contributed by atoms with Crippen LogP contribution in [-0.4, -0.2) is 19.7 Å². The Kier molecular flexibility index (Phi) is 3.06. The van der Waals surface area contributed by atoms with Gasteiger partial charge in [0.1, 0.15) is 24.0 Å². The van der Waals surface area contributed by atoms with Crippen molar-refractivity contribution >= 4 is 0 Å². The fraction of sp³-hybridized carbons (Fsp3) is 0.214. The molecule has 5 nitrogen and oxygen atoms in total. The number of aromatic nitrogens is 4. The fourth-order valence-corrected chi connectivity index (χ4v) is 2.01. The molecule has 0 radical (unpaired) electrons. The molecule has 3 rings (SSSR count). The van der Waals surface area contributed by atoms with Crippen LogP contribution in [0, 0.1) is 19.7 Å². The van der Waals surface area contributed by atoms with Crippen LogP contribution in [0.3, 0.4) is 0 Å². The molecule has 0 aliphatic carbocycles. The van der Waals surface area contributed by atoms with E-state index in [4.69, 9.17) is 4.42 Å². The normalized spacial score (nSPS) is 10.9. The predicted octanol–water partition coefficient (Wildman–Crippen LogP) is 2.74. The molecule has 3 aromatic rings. The van der Waals surface area contributed by atoms with Crippen LogP contribution < -0.4 is 0 Å². The Hall–Kier alpha value is -2.50. The van der Waals surface area contributed by atoms with E-state index < -0.39 is 0 Å². The molecule has 0 spiro atoms. The van der Waals surface area contributed by atoms with E-state index in [2.05, 4.69) is 15.1 Å². The predicted molar refractivity (Wildman–Crippen MR) is 70.5 cm³/mol. The van der Waals surface area contributed by atoms with Crippen LogP contribution in [0.5, 0.6) is 0 Å². The Bertz CT molecular complexity index is 747. The summed E-state index contributed by atoms with van der Waals surface area (Å²) in [7, 11) is 0. The van der Waals surface area contributed by atoms with Gasteiger partial charge in [-0.15, -0.1) is 0 Å². The molecule has 0 bridgehead atoms. The summed E-state index contributed by atoms with van der Waals surface area (Å²) in [5.41, 5.74) is 0.401. The highest BCUT2D eigenvalue weighted by Gasteiger charge is 2.12. The van der Waals surface area contributed by atoms with Crippen molar-refractivity contribution in [2.24, 2.45) is 0 Å². The SMILES string of the molecule is Cc1nc(C)n(Cc2ncc(-c3ccccc3F)o2)n1. The first-order valence-electron chi connectivity index (χ1n) is 6.21. The number of aryl methyl sites for hydroxylation is 2. The Balaban J connectivity index is 1.88. The van der Waals surface area contributed by atoms with Crippen molar-refractivity contribution in [2.45, 2.75) is 20.4 Å². The first-order valence-corrected chi connectivity index (χ1v) is 6.21. The molecule has 102 valence electrons. The highest BCUT2D eigenvalue weighted by molar-refractivity contribution is 5.56. The molecule has 0 unspecified atom stereocenters. The van der Waals surface area contributed by atoms with Crippen LogP contribution in [-0.2, 0) is 6.54 Å². The molecule has 0 N–H and O–H groups in total. The minimum absolute atomic E-state index is 0.331. The van der Waals surface area contributed by atoms with Gasteiger partial charge in [-0.2, -0.15) is 5.10 Å². The number of rotatable bonds is 3. The van der Waals surface area contributed by atoms with Crippen molar-refractivity contribution in [3.05, 3.63) is 53.8 Å². The van der Waals surface area contributed by atoms with Crippen LogP contribution in [0.15, 0.2) is 34.9 Å². The molecule has 0 aliphatic rings. The lowest BCUT2D eigenvalue weighted by atomic mass is 10.2. The summed E-state index contributed by atoms with van der Waals surface area (Å²) in [5, 5.41) is 4.24. The van der Waals surface area contributed by atoms with E-state index in [0.29, 0.717) is 29.6 Å². The standard InChI is InChI=1S/C14H13FN4O/c1-9-17-10(2)19(18-9)8-14-16-7-13(20-14)11-5-3-4-6-12(11)15/h3-7H,8H2,1-2H3. The minimum atomic E-state index is -0.331. The number of hydrogen-bond donors (Lipinski definition) is 0. The van der Waals surface area contributed by atoms with Crippen molar-refractivity contribution in [3.63, 3.8) is 0 Å². The second-order valence-electron chi connectivity index (χ2n) is 4.46. The van der Waals surface area contributed by atoms with E-state index in [0.717, 1.165) is 5.82 Å². The third kappa shape index (κ3) is 2.32. The van der Waals surface area contributed by atoms with Gasteiger partial charge >= 0.3 is 0 Å². The zero-order valence-corrected chi connectivity index (χ0v) is 11.2. The van der Waals surface area contributed by atoms with E-state index in [1.165, 1.54) is 12.3 Å². The van der Waals surface area contributed by atoms with Gasteiger partial charge in [0.05, 0.1) is 11.8 Å². The molecule has 0 saturated carbocycles. The Morgan fingerprint density at radius 2 is 2.05 bits per heavy atom. The average Bonchev–Trinajstić information content (AvgIpc) is 2.98. The molecule has 2 heterocycles. The minimum Gasteiger partial charge on any atom is -0.439 e. The summed E-state index contributed by atoms with van der Waals surface area (Å²) in [4.78, 5) is 8.37. The first-order chi connectivity index (χ1) is 9.63. The topological polar surface area (TPSA) is 56.7 Å². The summed E-state index contributed by atoms with van der Waals surface area (Å²) in [6, 6.07) is 6.44. The van der Waals surface area contributed by atoms with Crippen LogP contribution in [0.2, 0.25) is 0 Å². The fourth-order valence-electron chi connectivity index (χ4n) is 2.01. The van der Waals surface area contributed by atoms with Crippen molar-refractivity contribution in [2.75, 3.05) is 0 Å². The highest BCUT2D eigenvalue weighted by Crippen LogP contribution is 2.23. The lowest BCUT2D eigenvalue weighted by molar-refractivity contribution is 0.467. The number of benzene rings is 1. The molecule has 0 amide bonds. The maximum absolute atomic E-state index is 13.7. The molecule has 1 aromatic carbocycles. The van der Waals surface area contributed by atoms with E-state index in [-0.39, 0.29) is 5.82 Å². The van der Waals surface area contributed by atoms with Crippen molar-refractivity contribution in [3.8, 4) is 11.3 Å². The number of halogens is 1. The van der Waals surface area contributed by atoms with Gasteiger partial charge in [-0.1, -0.05) is 12.1 Å². The molecule has 6 heteroatoms. The van der Waals surface area contributed by atoms with Crippen LogP contribution in [0.1, 0.15) is 17.5 Å². The number of oxazole rings is 1. The molecule has 2 aromatic heterocycles. The third-order valence-corrected chi connectivity index (χ3v) is 2.94. The van der Waals surface area contributed by atoms with E-state index in [9.17, 15) is 4.39 Å². The molecule has 0 saturated heterocycles. The zero-order valence-electron chi connectivity index (χ0n) is 11.2. The highest BCUT2D eigenvalue weighted by atomic mass is 19.1. The Morgan fingerprint density at radius 3 is 2.75 bits per heavy atom. The maximum Gasteiger partial charge on any atom is 0.216 e. The number of nitrogens with zero attached hydrogens (tertiary/aromatic N) is 4. The quantitative estimate of drug-likeness (QED) is 0.735. The van der Waals surface area contributed by atoms with Crippen molar-refractivity contribution < 1.29 is 8.81 Å². The van der Waals surface area contributed by atoms with Crippen molar-refractivity contribution in [1.29, 1.82) is 0 Å². The summed E-state index contributed by atoms with van der Waals surface area (Å²) in [5.74, 6) is 2.03. The number of hydrogen-bond acceptors (Lipinski definition) is 4. The second kappa shape index (κ2) is 4.88. The molecular weight excluding hydrogens is 259 g/mol. The average molecular weight is 272 g/mol. The summed E-state index contributed by atoms with van der Waals surface area (Å²) < 4.78 is 20.9. The summed E-state index contributed by atoms with van der Waals surface area (Å²) in [6.45, 7) is 4.06. The third-order valence-electron chi connectivity index (χ3n) is 2.94. The van der Waals surface area contributed by atoms with E-state index in [1.54, 1.807) is 22.9 Å². The second-order valence-corrected chi connectivity index (χ2v) is 4.46. The van der Waals surface area contributed by atoms with Gasteiger partial charge in [0.2, 0.25) is 5.89 Å². The van der Waals surface area contributed by atoms with Crippen LogP contribution in [0.4, 0.5) is 4.39 Å². The van der Waals surface area contributed by atoms with Gasteiger partial charge in [-0.05, 0) is 26.0 Å². The first kappa shape index (κ1) is 12.5. The lowest BCUT2D eigenvalue weighted by Gasteiger charge is -1.99. The Morgan fingerprint density at radius 1 is 1.25 bits per heavy atom. The lowest BCUT2D eigenvalue weighted by Crippen LogP contribution is -2.04. The monoisotopic (exact) mass is 272 g/mol. The van der Waals surface area contributed by atoms with Crippen LogP contribution >= 0.6 is 0 Å². The van der Waals surface area contributed by atoms with Crippen LogP contribution in [0.25, 0.3) is 11.3 Å². The maximum atomic E-state index is 13.7. The van der Waals surface area contributed by atoms with Gasteiger partial charge in [0.25, 0.3) is 0 Å². The van der Waals surface area contributed by atoms with Gasteiger partial charge in [0, 0.05) is 0 Å². The summed E-state index contributed by atoms with van der Waals surface area (Å²) >= 11 is 0. The van der Waals surface area contributed by atoms with Gasteiger partial charge in [0.15, 0.2) is 5.76 Å². The molecule has 0 aliphatic heterocycles. The molecular formula is C14H13FN4O. The smallest absolute Gasteiger partial charge is 0.216 e.